The van der Waals surface area contributed by atoms with Crippen LogP contribution in [0.4, 0.5) is 17.1 Å². The monoisotopic (exact) mass is 659 g/mol. The molecular weight excluding hydrogens is 619 g/mol. The van der Waals surface area contributed by atoms with E-state index in [1.54, 1.807) is 11.6 Å². The summed E-state index contributed by atoms with van der Waals surface area (Å²) in [7, 11) is 1.76. The number of aromatic nitrogens is 1. The number of carbonyl (C=O) groups excluding carboxylic acids is 2. The zero-order chi connectivity index (χ0) is 33.9. The highest BCUT2D eigenvalue weighted by Gasteiger charge is 2.22. The van der Waals surface area contributed by atoms with Gasteiger partial charge in [0.2, 0.25) is 5.91 Å². The van der Waals surface area contributed by atoms with Crippen LogP contribution in [0.5, 0.6) is 0 Å². The summed E-state index contributed by atoms with van der Waals surface area (Å²) in [5.41, 5.74) is 6.56. The molecule has 1 aliphatic rings. The molecular formula is C39H41N5O3S. The lowest BCUT2D eigenvalue weighted by molar-refractivity contribution is -0.111. The number of nitrogens with zero attached hydrogens (tertiary/aromatic N) is 3. The molecule has 0 saturated carbocycles. The molecule has 0 atom stereocenters. The molecule has 5 aromatic rings. The number of nitrogens with one attached hydrogen (secondary N) is 2. The topological polar surface area (TPSA) is 86.7 Å². The lowest BCUT2D eigenvalue weighted by Crippen LogP contribution is -2.49. The number of piperazine rings is 1. The van der Waals surface area contributed by atoms with Crippen LogP contribution in [0.15, 0.2) is 96.4 Å². The van der Waals surface area contributed by atoms with Crippen LogP contribution in [0.3, 0.4) is 0 Å². The van der Waals surface area contributed by atoms with Crippen LogP contribution in [0.25, 0.3) is 21.2 Å². The van der Waals surface area contributed by atoms with Gasteiger partial charge < -0.3 is 20.1 Å². The molecule has 1 fully saturated rings. The minimum Gasteiger partial charge on any atom is -0.367 e. The molecule has 1 aliphatic heterocycles. The molecule has 8 nitrogen and oxygen atoms in total. The van der Waals surface area contributed by atoms with Crippen molar-refractivity contribution in [3.05, 3.63) is 124 Å². The second-order valence-electron chi connectivity index (χ2n) is 12.6. The summed E-state index contributed by atoms with van der Waals surface area (Å²) in [5.74, 6) is -0.427. The average Bonchev–Trinajstić information content (AvgIpc) is 3.53. The van der Waals surface area contributed by atoms with E-state index in [9.17, 15) is 14.4 Å². The predicted octanol–water partition coefficient (Wildman–Crippen LogP) is 7.07. The van der Waals surface area contributed by atoms with Gasteiger partial charge >= 0.3 is 0 Å². The Morgan fingerprint density at radius 1 is 0.938 bits per heavy atom. The van der Waals surface area contributed by atoms with Gasteiger partial charge in [0.05, 0.1) is 16.3 Å². The van der Waals surface area contributed by atoms with Crippen LogP contribution in [0, 0.1) is 6.92 Å². The Morgan fingerprint density at radius 3 is 2.44 bits per heavy atom. The van der Waals surface area contributed by atoms with E-state index in [1.807, 2.05) is 85.9 Å². The molecule has 48 heavy (non-hydrogen) atoms. The van der Waals surface area contributed by atoms with E-state index in [2.05, 4.69) is 40.9 Å². The van der Waals surface area contributed by atoms with Crippen LogP contribution in [-0.2, 0) is 18.3 Å². The minimum atomic E-state index is -0.276. The third-order valence-electron chi connectivity index (χ3n) is 9.08. The fourth-order valence-electron chi connectivity index (χ4n) is 6.37. The van der Waals surface area contributed by atoms with Crippen molar-refractivity contribution in [2.75, 3.05) is 41.7 Å². The number of anilines is 3. The Morgan fingerprint density at radius 2 is 1.71 bits per heavy atom. The number of pyridine rings is 1. The van der Waals surface area contributed by atoms with Crippen molar-refractivity contribution < 1.29 is 9.59 Å². The maximum Gasteiger partial charge on any atom is 0.265 e. The smallest absolute Gasteiger partial charge is 0.265 e. The fourth-order valence-corrected chi connectivity index (χ4v) is 7.33. The molecule has 1 saturated heterocycles. The first-order chi connectivity index (χ1) is 23.1. The Kier molecular flexibility index (Phi) is 9.61. The molecule has 9 heteroatoms. The van der Waals surface area contributed by atoms with Gasteiger partial charge in [0, 0.05) is 67.8 Å². The van der Waals surface area contributed by atoms with Crippen LogP contribution in [-0.4, -0.2) is 53.5 Å². The van der Waals surface area contributed by atoms with Crippen molar-refractivity contribution in [1.82, 2.24) is 9.47 Å². The lowest BCUT2D eigenvalue weighted by atomic mass is 9.97. The third-order valence-corrected chi connectivity index (χ3v) is 10.2. The molecule has 3 aromatic carbocycles. The van der Waals surface area contributed by atoms with E-state index >= 15 is 0 Å². The highest BCUT2D eigenvalue weighted by Crippen LogP contribution is 2.32. The largest absolute Gasteiger partial charge is 0.367 e. The molecule has 2 N–H and O–H groups in total. The van der Waals surface area contributed by atoms with Gasteiger partial charge in [0.1, 0.15) is 0 Å². The number of hydrogen-bond acceptors (Lipinski definition) is 6. The first kappa shape index (κ1) is 32.9. The molecule has 0 spiro atoms. The molecule has 6 rings (SSSR count). The van der Waals surface area contributed by atoms with Gasteiger partial charge in [0.25, 0.3) is 11.5 Å². The quantitative estimate of drug-likeness (QED) is 0.165. The van der Waals surface area contributed by atoms with Gasteiger partial charge in [-0.15, -0.1) is 11.3 Å². The molecule has 246 valence electrons. The first-order valence-electron chi connectivity index (χ1n) is 16.3. The summed E-state index contributed by atoms with van der Waals surface area (Å²) < 4.78 is 2.68. The summed E-state index contributed by atoms with van der Waals surface area (Å²) in [6, 6.07) is 24.2. The van der Waals surface area contributed by atoms with Crippen LogP contribution in [0.2, 0.25) is 0 Å². The van der Waals surface area contributed by atoms with Crippen molar-refractivity contribution >= 4 is 50.3 Å². The van der Waals surface area contributed by atoms with Crippen molar-refractivity contribution in [3.8, 4) is 11.1 Å². The van der Waals surface area contributed by atoms with E-state index in [4.69, 9.17) is 0 Å². The molecule has 0 aliphatic carbocycles. The normalized spacial score (nSPS) is 13.6. The number of carbonyl (C=O) groups is 2. The second kappa shape index (κ2) is 14.0. The zero-order valence-electron chi connectivity index (χ0n) is 27.9. The van der Waals surface area contributed by atoms with Gasteiger partial charge in [0.15, 0.2) is 0 Å². The second-order valence-corrected chi connectivity index (χ2v) is 13.7. The number of fused-ring (bicyclic) bond motifs is 1. The van der Waals surface area contributed by atoms with E-state index in [0.29, 0.717) is 28.6 Å². The van der Waals surface area contributed by atoms with E-state index < -0.39 is 0 Å². The number of aryl methyl sites for hydroxylation is 1. The zero-order valence-corrected chi connectivity index (χ0v) is 28.7. The molecule has 2 aromatic heterocycles. The van der Waals surface area contributed by atoms with Gasteiger partial charge in [-0.25, -0.2) is 0 Å². The van der Waals surface area contributed by atoms with Crippen LogP contribution < -0.4 is 21.1 Å². The molecule has 0 radical (unpaired) electrons. The Balaban J connectivity index is 1.27. The Bertz CT molecular complexity index is 2040. The van der Waals surface area contributed by atoms with E-state index in [-0.39, 0.29) is 17.4 Å². The fraction of sp³-hybridized carbons (Fsp3) is 0.256. The molecule has 3 heterocycles. The van der Waals surface area contributed by atoms with Gasteiger partial charge in [-0.1, -0.05) is 43.0 Å². The van der Waals surface area contributed by atoms with Crippen molar-refractivity contribution in [2.24, 2.45) is 7.05 Å². The number of amides is 2. The minimum absolute atomic E-state index is 0.0869. The van der Waals surface area contributed by atoms with E-state index in [0.717, 1.165) is 69.9 Å². The number of thiophene rings is 1. The van der Waals surface area contributed by atoms with E-state index in [1.165, 1.54) is 17.4 Å². The number of rotatable bonds is 9. The third kappa shape index (κ3) is 6.98. The van der Waals surface area contributed by atoms with Crippen LogP contribution >= 0.6 is 11.3 Å². The lowest BCUT2D eigenvalue weighted by Gasteiger charge is -2.38. The summed E-state index contributed by atoms with van der Waals surface area (Å²) in [6.45, 7) is 13.7. The highest BCUT2D eigenvalue weighted by atomic mass is 32.1. The summed E-state index contributed by atoms with van der Waals surface area (Å²) in [5, 5.41) is 7.15. The SMILES string of the molecule is C=CC(=O)Nc1cc(Cc2cc(-c3cccc(NC(=O)c4cc5ccccc5s4)c3C)cn(C)c2=O)ccc1N1CCN(C(C)C)CC1. The van der Waals surface area contributed by atoms with Gasteiger partial charge in [-0.3, -0.25) is 19.3 Å². The molecule has 2 amide bonds. The van der Waals surface area contributed by atoms with Gasteiger partial charge in [-0.2, -0.15) is 0 Å². The van der Waals surface area contributed by atoms with Gasteiger partial charge in [-0.05, 0) is 90.9 Å². The van der Waals surface area contributed by atoms with Crippen LogP contribution in [0.1, 0.15) is 40.2 Å². The average molecular weight is 660 g/mol. The maximum absolute atomic E-state index is 13.4. The predicted molar refractivity (Wildman–Crippen MR) is 199 cm³/mol. The summed E-state index contributed by atoms with van der Waals surface area (Å²) in [4.78, 5) is 44.5. The molecule has 0 unspecified atom stereocenters. The summed E-state index contributed by atoms with van der Waals surface area (Å²) in [6.07, 6.45) is 3.50. The standard InChI is InChI=1S/C39H41N5O3S/c1-6-37(45)40-33-21-27(14-15-34(33)44-18-16-43(17-19-44)25(2)3)20-29-22-30(24-42(5)39(29)47)31-11-9-12-32(26(31)4)41-38(46)36-23-28-10-7-8-13-35(28)48-36/h6-15,21-25H,1,16-20H2,2-5H3,(H,40,45)(H,41,46). The highest BCUT2D eigenvalue weighted by molar-refractivity contribution is 7.20. The van der Waals surface area contributed by atoms with Crippen molar-refractivity contribution in [1.29, 1.82) is 0 Å². The van der Waals surface area contributed by atoms with Crippen molar-refractivity contribution in [3.63, 3.8) is 0 Å². The number of benzene rings is 3. The first-order valence-corrected chi connectivity index (χ1v) is 17.1. The molecule has 0 bridgehead atoms. The maximum atomic E-state index is 13.4. The Labute approximate surface area is 285 Å². The summed E-state index contributed by atoms with van der Waals surface area (Å²) >= 11 is 1.47. The van der Waals surface area contributed by atoms with Crippen molar-refractivity contribution in [2.45, 2.75) is 33.2 Å². The number of hydrogen-bond donors (Lipinski definition) is 2. The Hall–Kier alpha value is -4.99.